The number of amides is 1. The molecular weight excluding hydrogens is 522 g/mol. The molecule has 248 valence electrons. The Bertz CT molecular complexity index is 621. The summed E-state index contributed by atoms with van der Waals surface area (Å²) < 4.78 is 0. The van der Waals surface area contributed by atoms with Gasteiger partial charge in [-0.2, -0.15) is 0 Å². The van der Waals surface area contributed by atoms with Crippen molar-refractivity contribution in [3.05, 3.63) is 24.3 Å². The van der Waals surface area contributed by atoms with E-state index in [4.69, 9.17) is 0 Å². The minimum absolute atomic E-state index is 0.159. The van der Waals surface area contributed by atoms with Gasteiger partial charge in [0.25, 0.3) is 0 Å². The number of hydrogen-bond donors (Lipinski definition) is 4. The second-order valence-corrected chi connectivity index (χ2v) is 12.4. The summed E-state index contributed by atoms with van der Waals surface area (Å²) in [5, 5.41) is 33.3. The molecule has 0 saturated carbocycles. The van der Waals surface area contributed by atoms with E-state index in [0.717, 1.165) is 44.9 Å². The second kappa shape index (κ2) is 32.7. The van der Waals surface area contributed by atoms with Crippen LogP contribution in [0, 0.1) is 0 Å². The number of hydrogen-bond acceptors (Lipinski definition) is 4. The zero-order valence-corrected chi connectivity index (χ0v) is 27.9. The molecule has 0 spiro atoms. The van der Waals surface area contributed by atoms with Gasteiger partial charge in [0, 0.05) is 6.42 Å². The Balaban J connectivity index is 3.75. The fourth-order valence-electron chi connectivity index (χ4n) is 5.41. The quantitative estimate of drug-likeness (QED) is 0.0462. The summed E-state index contributed by atoms with van der Waals surface area (Å²) in [7, 11) is 0. The third-order valence-electron chi connectivity index (χ3n) is 8.29. The molecular formula is C37H71NO4. The first-order valence-electron chi connectivity index (χ1n) is 18.1. The highest BCUT2D eigenvalue weighted by Gasteiger charge is 2.26. The van der Waals surface area contributed by atoms with Crippen LogP contribution < -0.4 is 5.32 Å². The van der Waals surface area contributed by atoms with Gasteiger partial charge in [0.15, 0.2) is 0 Å². The summed E-state index contributed by atoms with van der Waals surface area (Å²) in [6.07, 6.45) is 36.9. The van der Waals surface area contributed by atoms with Crippen LogP contribution in [0.2, 0.25) is 0 Å². The van der Waals surface area contributed by atoms with Gasteiger partial charge in [-0.25, -0.2) is 0 Å². The predicted molar refractivity (Wildman–Crippen MR) is 181 cm³/mol. The van der Waals surface area contributed by atoms with Gasteiger partial charge in [0.1, 0.15) is 6.10 Å². The molecule has 1 amide bonds. The lowest BCUT2D eigenvalue weighted by Gasteiger charge is -2.26. The summed E-state index contributed by atoms with van der Waals surface area (Å²) in [6, 6.07) is -0.826. The van der Waals surface area contributed by atoms with E-state index in [9.17, 15) is 20.1 Å². The van der Waals surface area contributed by atoms with Gasteiger partial charge >= 0.3 is 0 Å². The predicted octanol–water partition coefficient (Wildman–Crippen LogP) is 9.48. The lowest BCUT2D eigenvalue weighted by atomic mass is 10.0. The van der Waals surface area contributed by atoms with Gasteiger partial charge in [0.2, 0.25) is 5.91 Å². The first kappa shape index (κ1) is 40.8. The SMILES string of the molecule is CCCCCC/C=C/CC/C=C/CCCC(O)C(O)C(CO)NC(=O)CCCCCCCCCCCCCCCCC. The normalized spacial score (nSPS) is 14.1. The number of carbonyl (C=O) groups is 1. The van der Waals surface area contributed by atoms with Crippen LogP contribution in [0.4, 0.5) is 0 Å². The Morgan fingerprint density at radius 3 is 1.45 bits per heavy atom. The third kappa shape index (κ3) is 27.7. The Kier molecular flexibility index (Phi) is 31.8. The lowest BCUT2D eigenvalue weighted by Crippen LogP contribution is -2.50. The Morgan fingerprint density at radius 2 is 0.976 bits per heavy atom. The minimum Gasteiger partial charge on any atom is -0.394 e. The van der Waals surface area contributed by atoms with Gasteiger partial charge in [-0.3, -0.25) is 4.79 Å². The van der Waals surface area contributed by atoms with Gasteiger partial charge < -0.3 is 20.6 Å². The van der Waals surface area contributed by atoms with Crippen molar-refractivity contribution in [2.75, 3.05) is 6.61 Å². The minimum atomic E-state index is -1.16. The molecule has 0 bridgehead atoms. The highest BCUT2D eigenvalue weighted by molar-refractivity contribution is 5.76. The Hall–Kier alpha value is -1.17. The summed E-state index contributed by atoms with van der Waals surface area (Å²) in [6.45, 7) is 4.12. The zero-order valence-electron chi connectivity index (χ0n) is 27.9. The van der Waals surface area contributed by atoms with Crippen molar-refractivity contribution in [1.29, 1.82) is 0 Å². The molecule has 42 heavy (non-hydrogen) atoms. The van der Waals surface area contributed by atoms with Crippen molar-refractivity contribution in [3.63, 3.8) is 0 Å². The molecule has 0 rings (SSSR count). The van der Waals surface area contributed by atoms with Crippen molar-refractivity contribution in [1.82, 2.24) is 5.32 Å². The number of rotatable bonds is 32. The van der Waals surface area contributed by atoms with Gasteiger partial charge in [-0.1, -0.05) is 147 Å². The Morgan fingerprint density at radius 1 is 0.571 bits per heavy atom. The number of carbonyl (C=O) groups excluding carboxylic acids is 1. The second-order valence-electron chi connectivity index (χ2n) is 12.4. The molecule has 0 aromatic heterocycles. The molecule has 0 radical (unpaired) electrons. The van der Waals surface area contributed by atoms with Gasteiger partial charge in [-0.15, -0.1) is 0 Å². The topological polar surface area (TPSA) is 89.8 Å². The van der Waals surface area contributed by atoms with Crippen molar-refractivity contribution in [3.8, 4) is 0 Å². The van der Waals surface area contributed by atoms with Crippen LogP contribution in [-0.2, 0) is 4.79 Å². The molecule has 0 saturated heterocycles. The third-order valence-corrected chi connectivity index (χ3v) is 8.29. The number of aliphatic hydroxyl groups excluding tert-OH is 3. The molecule has 0 aromatic rings. The van der Waals surface area contributed by atoms with E-state index >= 15 is 0 Å². The zero-order chi connectivity index (χ0) is 30.9. The van der Waals surface area contributed by atoms with Crippen LogP contribution in [0.15, 0.2) is 24.3 Å². The molecule has 4 N–H and O–H groups in total. The molecule has 0 aliphatic rings. The van der Waals surface area contributed by atoms with Crippen LogP contribution in [-0.4, -0.2) is 46.1 Å². The molecule has 0 aliphatic heterocycles. The van der Waals surface area contributed by atoms with Crippen molar-refractivity contribution < 1.29 is 20.1 Å². The van der Waals surface area contributed by atoms with E-state index in [-0.39, 0.29) is 12.5 Å². The van der Waals surface area contributed by atoms with E-state index in [1.54, 1.807) is 0 Å². The van der Waals surface area contributed by atoms with Crippen LogP contribution in [0.1, 0.15) is 181 Å². The molecule has 0 aromatic carbocycles. The van der Waals surface area contributed by atoms with E-state index in [2.05, 4.69) is 43.5 Å². The maximum atomic E-state index is 12.3. The van der Waals surface area contributed by atoms with Crippen molar-refractivity contribution in [2.45, 2.75) is 199 Å². The molecule has 0 heterocycles. The summed E-state index contributed by atoms with van der Waals surface area (Å²) >= 11 is 0. The number of aliphatic hydroxyl groups is 3. The summed E-state index contributed by atoms with van der Waals surface area (Å²) in [5.74, 6) is -0.159. The fourth-order valence-corrected chi connectivity index (χ4v) is 5.41. The highest BCUT2D eigenvalue weighted by Crippen LogP contribution is 2.14. The molecule has 3 atom stereocenters. The molecule has 0 fully saturated rings. The van der Waals surface area contributed by atoms with Crippen LogP contribution >= 0.6 is 0 Å². The van der Waals surface area contributed by atoms with Crippen molar-refractivity contribution in [2.24, 2.45) is 0 Å². The lowest BCUT2D eigenvalue weighted by molar-refractivity contribution is -0.124. The van der Waals surface area contributed by atoms with Crippen LogP contribution in [0.3, 0.4) is 0 Å². The maximum absolute atomic E-state index is 12.3. The number of allylic oxidation sites excluding steroid dienone is 4. The van der Waals surface area contributed by atoms with Gasteiger partial charge in [0.05, 0.1) is 18.8 Å². The van der Waals surface area contributed by atoms with E-state index < -0.39 is 18.2 Å². The highest BCUT2D eigenvalue weighted by atomic mass is 16.3. The fraction of sp³-hybridized carbons (Fsp3) is 0.865. The monoisotopic (exact) mass is 594 g/mol. The van der Waals surface area contributed by atoms with Crippen molar-refractivity contribution >= 4 is 5.91 Å². The van der Waals surface area contributed by atoms with E-state index in [1.165, 1.54) is 109 Å². The molecule has 5 heteroatoms. The van der Waals surface area contributed by atoms with E-state index in [1.807, 2.05) is 0 Å². The standard InChI is InChI=1S/C37H71NO4/c1-3-5-7-9-11-13-15-17-18-20-22-24-26-28-30-32-36(41)38-34(33-39)37(42)35(40)31-29-27-25-23-21-19-16-14-12-10-8-6-4-2/h14,16,23,25,34-35,37,39-40,42H,3-13,15,17-22,24,26-33H2,1-2H3,(H,38,41)/b16-14+,25-23+. The summed E-state index contributed by atoms with van der Waals surface area (Å²) in [5.41, 5.74) is 0. The average molecular weight is 594 g/mol. The molecule has 3 unspecified atom stereocenters. The molecule has 0 aliphatic carbocycles. The number of nitrogens with one attached hydrogen (secondary N) is 1. The largest absolute Gasteiger partial charge is 0.394 e. The molecule has 5 nitrogen and oxygen atoms in total. The van der Waals surface area contributed by atoms with E-state index in [0.29, 0.717) is 12.8 Å². The smallest absolute Gasteiger partial charge is 0.220 e. The van der Waals surface area contributed by atoms with Crippen LogP contribution in [0.5, 0.6) is 0 Å². The first-order valence-corrected chi connectivity index (χ1v) is 18.1. The first-order chi connectivity index (χ1) is 20.6. The summed E-state index contributed by atoms with van der Waals surface area (Å²) in [4.78, 5) is 12.3. The maximum Gasteiger partial charge on any atom is 0.220 e. The number of unbranched alkanes of at least 4 members (excludes halogenated alkanes) is 20. The van der Waals surface area contributed by atoms with Crippen LogP contribution in [0.25, 0.3) is 0 Å². The Labute approximate surface area is 261 Å². The van der Waals surface area contributed by atoms with Gasteiger partial charge in [-0.05, 0) is 51.4 Å². The average Bonchev–Trinajstić information content (AvgIpc) is 2.99.